The molecule has 0 aliphatic carbocycles. The summed E-state index contributed by atoms with van der Waals surface area (Å²) in [7, 11) is 0. The molecule has 1 unspecified atom stereocenters. The first-order valence-corrected chi connectivity index (χ1v) is 12.8. The first-order chi connectivity index (χ1) is 18.7. The van der Waals surface area contributed by atoms with E-state index in [1.54, 1.807) is 6.08 Å². The quantitative estimate of drug-likeness (QED) is 0.311. The monoisotopic (exact) mass is 520 g/mol. The van der Waals surface area contributed by atoms with Crippen LogP contribution in [0, 0.1) is 0 Å². The van der Waals surface area contributed by atoms with Gasteiger partial charge in [0, 0.05) is 0 Å². The van der Waals surface area contributed by atoms with Crippen molar-refractivity contribution in [2.45, 2.75) is 50.0 Å². The molecule has 2 N–H and O–H groups in total. The van der Waals surface area contributed by atoms with Crippen LogP contribution in [0.2, 0.25) is 0 Å². The Balaban J connectivity index is 1.67. The first kappa shape index (κ1) is 28.1. The second-order valence-corrected chi connectivity index (χ2v) is 9.23. The van der Waals surface area contributed by atoms with Crippen LogP contribution >= 0.6 is 0 Å². The van der Waals surface area contributed by atoms with Gasteiger partial charge < -0.3 is 33.9 Å². The van der Waals surface area contributed by atoms with Gasteiger partial charge in [0.25, 0.3) is 0 Å². The van der Waals surface area contributed by atoms with Gasteiger partial charge in [-0.15, -0.1) is 6.58 Å². The molecule has 0 radical (unpaired) electrons. The Bertz CT molecular complexity index is 1070. The van der Waals surface area contributed by atoms with Crippen LogP contribution in [-0.2, 0) is 43.5 Å². The molecule has 3 aromatic carbocycles. The molecule has 202 valence electrons. The minimum absolute atomic E-state index is 0.184. The lowest BCUT2D eigenvalue weighted by Gasteiger charge is -2.51. The summed E-state index contributed by atoms with van der Waals surface area (Å²) in [4.78, 5) is 0. The normalized spacial score (nSPS) is 22.7. The van der Waals surface area contributed by atoms with E-state index >= 15 is 0 Å². The number of rotatable bonds is 14. The molecular weight excluding hydrogens is 484 g/mol. The Labute approximate surface area is 224 Å². The lowest BCUT2D eigenvalue weighted by atomic mass is 9.87. The summed E-state index contributed by atoms with van der Waals surface area (Å²) in [6.45, 7) is 3.69. The molecule has 1 fully saturated rings. The van der Waals surface area contributed by atoms with E-state index in [1.165, 1.54) is 0 Å². The number of aliphatic hydroxyl groups is 2. The molecule has 0 bridgehead atoms. The van der Waals surface area contributed by atoms with Crippen molar-refractivity contribution < 1.29 is 33.9 Å². The maximum Gasteiger partial charge on any atom is 0.187 e. The fourth-order valence-electron chi connectivity index (χ4n) is 4.48. The van der Waals surface area contributed by atoms with Gasteiger partial charge in [0.2, 0.25) is 0 Å². The molecule has 7 nitrogen and oxygen atoms in total. The Hall–Kier alpha value is -2.88. The summed E-state index contributed by atoms with van der Waals surface area (Å²) in [5.41, 5.74) is 1.38. The summed E-state index contributed by atoms with van der Waals surface area (Å²) in [5, 5.41) is 21.0. The van der Waals surface area contributed by atoms with Gasteiger partial charge in [0.15, 0.2) is 6.29 Å². The standard InChI is InChI=1S/C31H36O7/c1-2-18-34-30-28(36-20-25-14-8-4-9-15-25)27(35-19-24-12-6-3-7-13-24)29(31(22-32,23-33)38-30)37-21-26-16-10-5-11-17-26/h2-17,27-30,32-33H,1,18-23H2/t27-,28-,29-,30?/m1/s1. The van der Waals surface area contributed by atoms with Gasteiger partial charge in [-0.05, 0) is 16.7 Å². The second kappa shape index (κ2) is 14.3. The van der Waals surface area contributed by atoms with Gasteiger partial charge >= 0.3 is 0 Å². The average Bonchev–Trinajstić information content (AvgIpc) is 2.98. The van der Waals surface area contributed by atoms with Crippen molar-refractivity contribution in [1.29, 1.82) is 0 Å². The molecule has 4 rings (SSSR count). The van der Waals surface area contributed by atoms with Gasteiger partial charge in [-0.1, -0.05) is 97.1 Å². The molecule has 3 aromatic rings. The zero-order valence-corrected chi connectivity index (χ0v) is 21.4. The summed E-state index contributed by atoms with van der Waals surface area (Å²) in [5.74, 6) is 0. The van der Waals surface area contributed by atoms with Crippen molar-refractivity contribution in [2.75, 3.05) is 19.8 Å². The fraction of sp³-hybridized carbons (Fsp3) is 0.355. The predicted molar refractivity (Wildman–Crippen MR) is 143 cm³/mol. The van der Waals surface area contributed by atoms with Gasteiger partial charge in [0.1, 0.15) is 23.9 Å². The molecule has 4 atom stereocenters. The Morgan fingerprint density at radius 3 is 1.55 bits per heavy atom. The second-order valence-electron chi connectivity index (χ2n) is 9.23. The summed E-state index contributed by atoms with van der Waals surface area (Å²) >= 11 is 0. The van der Waals surface area contributed by atoms with Crippen LogP contribution < -0.4 is 0 Å². The molecule has 38 heavy (non-hydrogen) atoms. The molecule has 0 amide bonds. The number of hydrogen-bond acceptors (Lipinski definition) is 7. The third kappa shape index (κ3) is 7.15. The first-order valence-electron chi connectivity index (χ1n) is 12.8. The molecule has 0 saturated carbocycles. The van der Waals surface area contributed by atoms with E-state index in [0.29, 0.717) is 0 Å². The lowest BCUT2D eigenvalue weighted by molar-refractivity contribution is -0.363. The highest BCUT2D eigenvalue weighted by atomic mass is 16.7. The fourth-order valence-corrected chi connectivity index (χ4v) is 4.48. The summed E-state index contributed by atoms with van der Waals surface area (Å²) < 4.78 is 31.5. The minimum Gasteiger partial charge on any atom is -0.393 e. The Morgan fingerprint density at radius 1 is 0.658 bits per heavy atom. The van der Waals surface area contributed by atoms with E-state index in [4.69, 9.17) is 23.7 Å². The van der Waals surface area contributed by atoms with Crippen molar-refractivity contribution in [3.8, 4) is 0 Å². The SMILES string of the molecule is C=CCOC1OC(CO)(CO)[C@H](OCc2ccccc2)[C@H](OCc2ccccc2)[C@H]1OCc1ccccc1. The summed E-state index contributed by atoms with van der Waals surface area (Å²) in [6, 6.07) is 29.2. The number of ether oxygens (including phenoxy) is 5. The van der Waals surface area contributed by atoms with Crippen LogP contribution in [0.1, 0.15) is 16.7 Å². The summed E-state index contributed by atoms with van der Waals surface area (Å²) in [6.07, 6.45) is -1.69. The molecule has 7 heteroatoms. The number of benzene rings is 3. The Morgan fingerprint density at radius 2 is 1.11 bits per heavy atom. The van der Waals surface area contributed by atoms with Gasteiger partial charge in [-0.3, -0.25) is 0 Å². The average molecular weight is 521 g/mol. The van der Waals surface area contributed by atoms with Crippen molar-refractivity contribution in [1.82, 2.24) is 0 Å². The molecule has 0 spiro atoms. The smallest absolute Gasteiger partial charge is 0.187 e. The van der Waals surface area contributed by atoms with Crippen LogP contribution in [0.4, 0.5) is 0 Å². The Kier molecular flexibility index (Phi) is 10.6. The van der Waals surface area contributed by atoms with E-state index in [0.717, 1.165) is 16.7 Å². The van der Waals surface area contributed by atoms with Crippen LogP contribution in [0.25, 0.3) is 0 Å². The number of hydrogen-bond donors (Lipinski definition) is 2. The van der Waals surface area contributed by atoms with Gasteiger partial charge in [-0.2, -0.15) is 0 Å². The molecular formula is C31H36O7. The molecule has 1 aliphatic rings. The van der Waals surface area contributed by atoms with Crippen molar-refractivity contribution in [2.24, 2.45) is 0 Å². The predicted octanol–water partition coefficient (Wildman–Crippen LogP) is 4.02. The maximum atomic E-state index is 10.5. The zero-order chi connectivity index (χ0) is 26.6. The maximum absolute atomic E-state index is 10.5. The van der Waals surface area contributed by atoms with Crippen LogP contribution in [0.5, 0.6) is 0 Å². The van der Waals surface area contributed by atoms with Crippen molar-refractivity contribution in [3.05, 3.63) is 120 Å². The topological polar surface area (TPSA) is 86.6 Å². The van der Waals surface area contributed by atoms with Crippen LogP contribution in [0.15, 0.2) is 104 Å². The minimum atomic E-state index is -1.49. The van der Waals surface area contributed by atoms with Crippen molar-refractivity contribution >= 4 is 0 Å². The highest BCUT2D eigenvalue weighted by Gasteiger charge is 2.57. The number of aliphatic hydroxyl groups excluding tert-OH is 2. The van der Waals surface area contributed by atoms with Crippen molar-refractivity contribution in [3.63, 3.8) is 0 Å². The van der Waals surface area contributed by atoms with E-state index in [1.807, 2.05) is 91.0 Å². The van der Waals surface area contributed by atoms with Gasteiger partial charge in [-0.25, -0.2) is 0 Å². The highest BCUT2D eigenvalue weighted by Crippen LogP contribution is 2.37. The van der Waals surface area contributed by atoms with E-state index < -0.39 is 43.4 Å². The molecule has 1 aliphatic heterocycles. The lowest BCUT2D eigenvalue weighted by Crippen LogP contribution is -2.69. The largest absolute Gasteiger partial charge is 0.393 e. The zero-order valence-electron chi connectivity index (χ0n) is 21.4. The third-order valence-electron chi connectivity index (χ3n) is 6.52. The third-order valence-corrected chi connectivity index (χ3v) is 6.52. The van der Waals surface area contributed by atoms with Crippen LogP contribution in [0.3, 0.4) is 0 Å². The molecule has 1 saturated heterocycles. The van der Waals surface area contributed by atoms with Gasteiger partial charge in [0.05, 0.1) is 39.6 Å². The van der Waals surface area contributed by atoms with E-state index in [-0.39, 0.29) is 26.4 Å². The van der Waals surface area contributed by atoms with E-state index in [9.17, 15) is 10.2 Å². The molecule has 1 heterocycles. The highest BCUT2D eigenvalue weighted by molar-refractivity contribution is 5.16. The van der Waals surface area contributed by atoms with E-state index in [2.05, 4.69) is 6.58 Å². The van der Waals surface area contributed by atoms with Crippen LogP contribution in [-0.4, -0.2) is 60.2 Å². The molecule has 0 aromatic heterocycles.